The lowest BCUT2D eigenvalue weighted by atomic mass is 10.2. The predicted octanol–water partition coefficient (Wildman–Crippen LogP) is -1.73. The van der Waals surface area contributed by atoms with Crippen LogP contribution in [-0.2, 0) is 11.9 Å². The normalized spacial score (nSPS) is 8.58. The minimum Gasteiger partial charge on any atom is -1.00 e. The summed E-state index contributed by atoms with van der Waals surface area (Å²) in [5.74, 6) is 0.0499. The van der Waals surface area contributed by atoms with Gasteiger partial charge in [0.2, 0.25) is 0 Å². The monoisotopic (exact) mass is 666 g/mol. The second kappa shape index (κ2) is 16.4. The standard InChI is InChI=1S/C8H10IN3.C7H6BrI.CH5N3.ClH/c9-7-3-1-2-6(4-7)5-12-8(10)11;8-5-6-2-1-3-7(9)4-6;2-1(3)4;/h1-4H,5H2,(H4,10,11,12);1-4H,5H2;(H5,2,3,4);1H. The van der Waals surface area contributed by atoms with Crippen LogP contribution in [0.3, 0.4) is 0 Å². The highest BCUT2D eigenvalue weighted by atomic mass is 127. The summed E-state index contributed by atoms with van der Waals surface area (Å²) >= 11 is 7.95. The molecule has 2 aromatic carbocycles. The third kappa shape index (κ3) is 16.7. The molecule has 0 unspecified atom stereocenters. The first-order chi connectivity index (χ1) is 11.7. The highest BCUT2D eigenvalue weighted by molar-refractivity contribution is 14.1. The molecule has 0 atom stereocenters. The summed E-state index contributed by atoms with van der Waals surface area (Å²) in [4.78, 5) is 3.90. The van der Waals surface area contributed by atoms with Crippen molar-refractivity contribution in [3.05, 3.63) is 66.8 Å². The van der Waals surface area contributed by atoms with Gasteiger partial charge in [0.1, 0.15) is 0 Å². The Morgan fingerprint density at radius 2 is 1.35 bits per heavy atom. The minimum atomic E-state index is -0.0833. The second-order valence-electron chi connectivity index (χ2n) is 4.63. The average molecular weight is 668 g/mol. The van der Waals surface area contributed by atoms with Gasteiger partial charge in [-0.3, -0.25) is 16.9 Å². The van der Waals surface area contributed by atoms with Crippen LogP contribution in [0.15, 0.2) is 53.5 Å². The van der Waals surface area contributed by atoms with Gasteiger partial charge in [-0.2, -0.15) is 0 Å². The van der Waals surface area contributed by atoms with Crippen molar-refractivity contribution in [2.75, 3.05) is 0 Å². The van der Waals surface area contributed by atoms with Gasteiger partial charge in [0.05, 0.1) is 6.54 Å². The van der Waals surface area contributed by atoms with Crippen molar-refractivity contribution in [1.82, 2.24) is 0 Å². The minimum absolute atomic E-state index is 0. The van der Waals surface area contributed by atoms with E-state index in [1.165, 1.54) is 12.7 Å². The van der Waals surface area contributed by atoms with Gasteiger partial charge < -0.3 is 23.9 Å². The fourth-order valence-electron chi connectivity index (χ4n) is 1.44. The van der Waals surface area contributed by atoms with Gasteiger partial charge in [-0.15, -0.1) is 0 Å². The van der Waals surface area contributed by atoms with Gasteiger partial charge in [-0.1, -0.05) is 40.2 Å². The van der Waals surface area contributed by atoms with Crippen LogP contribution < -0.4 is 40.8 Å². The van der Waals surface area contributed by atoms with Gasteiger partial charge in [-0.25, -0.2) is 4.99 Å². The fourth-order valence-corrected chi connectivity index (χ4v) is 3.00. The van der Waals surface area contributed by atoms with E-state index in [0.29, 0.717) is 6.54 Å². The summed E-state index contributed by atoms with van der Waals surface area (Å²) in [6, 6.07) is 16.5. The maximum atomic E-state index is 5.20. The van der Waals surface area contributed by atoms with E-state index in [1.54, 1.807) is 0 Å². The van der Waals surface area contributed by atoms with Crippen LogP contribution in [0.5, 0.6) is 0 Å². The van der Waals surface area contributed by atoms with Crippen molar-refractivity contribution in [1.29, 1.82) is 0 Å². The molecular formula is C16H22BrClI2N6. The lowest BCUT2D eigenvalue weighted by Gasteiger charge is -1.97. The highest BCUT2D eigenvalue weighted by Gasteiger charge is 1.91. The van der Waals surface area contributed by atoms with E-state index in [9.17, 15) is 0 Å². The van der Waals surface area contributed by atoms with Crippen LogP contribution >= 0.6 is 61.1 Å². The molecule has 0 radical (unpaired) electrons. The summed E-state index contributed by atoms with van der Waals surface area (Å²) in [6.07, 6.45) is 0. The molecule has 0 aromatic heterocycles. The topological polar surface area (TPSA) is 142 Å². The molecule has 0 heterocycles. The molecule has 0 bridgehead atoms. The Bertz CT molecular complexity index is 692. The van der Waals surface area contributed by atoms with Gasteiger partial charge in [0.15, 0.2) is 5.96 Å². The van der Waals surface area contributed by atoms with Crippen LogP contribution in [0.2, 0.25) is 0 Å². The molecule has 0 amide bonds. The van der Waals surface area contributed by atoms with Crippen LogP contribution in [-0.4, -0.2) is 11.9 Å². The van der Waals surface area contributed by atoms with Gasteiger partial charge in [0.25, 0.3) is 0 Å². The molecule has 0 aliphatic rings. The summed E-state index contributed by atoms with van der Waals surface area (Å²) in [5, 5.41) is 5.53. The zero-order chi connectivity index (χ0) is 19.2. The molecule has 0 aliphatic carbocycles. The maximum Gasteiger partial charge on any atom is 0.336 e. The largest absolute Gasteiger partial charge is 1.00 e. The molecule has 2 aromatic rings. The maximum absolute atomic E-state index is 5.20. The molecule has 6 nitrogen and oxygen atoms in total. The number of rotatable bonds is 3. The van der Waals surface area contributed by atoms with Crippen molar-refractivity contribution in [2.45, 2.75) is 11.9 Å². The molecule has 144 valence electrons. The number of nitrogens with zero attached hydrogens (tertiary/aromatic N) is 1. The Morgan fingerprint density at radius 3 is 1.69 bits per heavy atom. The Morgan fingerprint density at radius 1 is 0.923 bits per heavy atom. The summed E-state index contributed by atoms with van der Waals surface area (Å²) < 4.78 is 2.49. The number of guanidine groups is 2. The SMILES string of the molecule is BrCc1cccc(I)c1.NC(N)=NCc1cccc(I)c1.NC(N)=[NH2+].[Cl-]. The third-order valence-corrected chi connectivity index (χ3v) is 4.37. The second-order valence-corrected chi connectivity index (χ2v) is 7.69. The van der Waals surface area contributed by atoms with Crippen molar-refractivity contribution in [3.8, 4) is 0 Å². The number of aliphatic imine (C=N–C) groups is 1. The molecule has 10 heteroatoms. The van der Waals surface area contributed by atoms with Crippen molar-refractivity contribution in [2.24, 2.45) is 27.9 Å². The first-order valence-corrected chi connectivity index (χ1v) is 10.3. The Kier molecular flexibility index (Phi) is 17.3. The van der Waals surface area contributed by atoms with E-state index in [4.69, 9.17) is 11.5 Å². The van der Waals surface area contributed by atoms with Crippen LogP contribution in [0.1, 0.15) is 11.1 Å². The lowest BCUT2D eigenvalue weighted by Crippen LogP contribution is -3.00. The predicted molar refractivity (Wildman–Crippen MR) is 126 cm³/mol. The Labute approximate surface area is 195 Å². The fraction of sp³-hybridized carbons (Fsp3) is 0.125. The molecule has 0 saturated carbocycles. The van der Waals surface area contributed by atoms with Crippen LogP contribution in [0.4, 0.5) is 0 Å². The van der Waals surface area contributed by atoms with Crippen molar-refractivity contribution >= 4 is 73.0 Å². The quantitative estimate of drug-likeness (QED) is 0.115. The molecule has 10 N–H and O–H groups in total. The number of alkyl halides is 1. The van der Waals surface area contributed by atoms with E-state index in [-0.39, 0.29) is 24.3 Å². The zero-order valence-electron chi connectivity index (χ0n) is 13.9. The molecule has 0 saturated heterocycles. The molecule has 0 fully saturated rings. The first-order valence-electron chi connectivity index (χ1n) is 6.98. The smallest absolute Gasteiger partial charge is 0.336 e. The van der Waals surface area contributed by atoms with Gasteiger partial charge in [0, 0.05) is 12.5 Å². The third-order valence-electron chi connectivity index (χ3n) is 2.38. The molecule has 0 spiro atoms. The van der Waals surface area contributed by atoms with Gasteiger partial charge in [-0.05, 0) is 80.6 Å². The number of nitrogens with two attached hydrogens (primary N) is 5. The van der Waals surface area contributed by atoms with Crippen molar-refractivity contribution < 1.29 is 17.8 Å². The van der Waals surface area contributed by atoms with Gasteiger partial charge >= 0.3 is 5.96 Å². The van der Waals surface area contributed by atoms with E-state index in [0.717, 1.165) is 10.9 Å². The average Bonchev–Trinajstić information content (AvgIpc) is 2.53. The highest BCUT2D eigenvalue weighted by Crippen LogP contribution is 2.10. The van der Waals surface area contributed by atoms with Crippen LogP contribution in [0, 0.1) is 7.14 Å². The lowest BCUT2D eigenvalue weighted by molar-refractivity contribution is -0.116. The Hall–Kier alpha value is -0.790. The number of hydrogen-bond donors (Lipinski definition) is 5. The molecule has 0 aliphatic heterocycles. The molecular weight excluding hydrogens is 645 g/mol. The first kappa shape index (κ1) is 27.4. The van der Waals surface area contributed by atoms with Crippen molar-refractivity contribution in [3.63, 3.8) is 0 Å². The number of hydrogen-bond acceptors (Lipinski definition) is 1. The summed E-state index contributed by atoms with van der Waals surface area (Å²) in [5.41, 5.74) is 22.0. The molecule has 26 heavy (non-hydrogen) atoms. The van der Waals surface area contributed by atoms with E-state index in [1.807, 2.05) is 24.3 Å². The Balaban J connectivity index is 0. The van der Waals surface area contributed by atoms with E-state index < -0.39 is 0 Å². The number of halogens is 4. The molecule has 2 rings (SSSR count). The number of benzene rings is 2. The van der Waals surface area contributed by atoms with E-state index >= 15 is 0 Å². The zero-order valence-corrected chi connectivity index (χ0v) is 20.5. The van der Waals surface area contributed by atoms with Crippen LogP contribution in [0.25, 0.3) is 0 Å². The summed E-state index contributed by atoms with van der Waals surface area (Å²) in [7, 11) is 0. The van der Waals surface area contributed by atoms with E-state index in [2.05, 4.69) is 107 Å². The summed E-state index contributed by atoms with van der Waals surface area (Å²) in [6.45, 7) is 0.555.